The number of nitrogens with zero attached hydrogens (tertiary/aromatic N) is 1. The number of ketones is 1. The Morgan fingerprint density at radius 3 is 2.37 bits per heavy atom. The molecule has 0 aliphatic carbocycles. The Hall–Kier alpha value is -2.62. The molecule has 0 aromatic heterocycles. The van der Waals surface area contributed by atoms with Crippen LogP contribution in [0.3, 0.4) is 0 Å². The van der Waals surface area contributed by atoms with E-state index in [1.807, 2.05) is 0 Å². The first-order valence-electron chi connectivity index (χ1n) is 7.76. The van der Waals surface area contributed by atoms with Crippen molar-refractivity contribution in [3.05, 3.63) is 52.0 Å². The first kappa shape index (κ1) is 20.7. The van der Waals surface area contributed by atoms with Gasteiger partial charge in [-0.05, 0) is 29.8 Å². The monoisotopic (exact) mass is 439 g/mol. The van der Waals surface area contributed by atoms with E-state index in [1.54, 1.807) is 24.3 Å². The van der Waals surface area contributed by atoms with E-state index in [9.17, 15) is 35.2 Å². The number of amides is 1. The molecule has 1 amide bonds. The molecule has 0 saturated heterocycles. The topological polar surface area (TPSA) is 139 Å². The second-order valence-corrected chi connectivity index (χ2v) is 7.01. The highest BCUT2D eigenvalue weighted by atomic mass is 79.9. The molecule has 27 heavy (non-hydrogen) atoms. The number of halogens is 1. The van der Waals surface area contributed by atoms with Crippen molar-refractivity contribution in [2.45, 2.75) is 18.4 Å². The van der Waals surface area contributed by atoms with Gasteiger partial charge >= 0.3 is 5.91 Å². The highest BCUT2D eigenvalue weighted by Crippen LogP contribution is 2.44. The minimum Gasteiger partial charge on any atom is -0.504 e. The van der Waals surface area contributed by atoms with E-state index < -0.39 is 41.0 Å². The molecule has 144 valence electrons. The summed E-state index contributed by atoms with van der Waals surface area (Å²) >= 11 is 3.29. The maximum absolute atomic E-state index is 12.2. The van der Waals surface area contributed by atoms with E-state index in [1.165, 1.54) is 0 Å². The molecule has 9 heteroatoms. The molecule has 0 saturated carbocycles. The van der Waals surface area contributed by atoms with E-state index in [0.717, 1.165) is 19.2 Å². The lowest BCUT2D eigenvalue weighted by Gasteiger charge is -2.29. The minimum absolute atomic E-state index is 0.0933. The number of benzene rings is 2. The largest absolute Gasteiger partial charge is 0.504 e. The van der Waals surface area contributed by atoms with Gasteiger partial charge in [0.2, 0.25) is 11.5 Å². The van der Waals surface area contributed by atoms with E-state index >= 15 is 0 Å². The molecule has 0 aliphatic rings. The summed E-state index contributed by atoms with van der Waals surface area (Å²) in [7, 11) is 0.970. The van der Waals surface area contributed by atoms with Gasteiger partial charge in [-0.1, -0.05) is 28.1 Å². The summed E-state index contributed by atoms with van der Waals surface area (Å²) in [6.07, 6.45) is -0.973. The van der Waals surface area contributed by atoms with Gasteiger partial charge in [0, 0.05) is 29.9 Å². The lowest BCUT2D eigenvalue weighted by atomic mass is 9.82. The molecule has 5 N–H and O–H groups in total. The van der Waals surface area contributed by atoms with Crippen molar-refractivity contribution in [3.8, 4) is 17.2 Å². The second kappa shape index (κ2) is 7.95. The van der Waals surface area contributed by atoms with E-state index in [-0.39, 0.29) is 17.0 Å². The van der Waals surface area contributed by atoms with Crippen LogP contribution in [0.15, 0.2) is 40.9 Å². The van der Waals surface area contributed by atoms with Gasteiger partial charge in [0.25, 0.3) is 0 Å². The molecule has 0 fully saturated rings. The number of phenolic OH excluding ortho intramolecular Hbond substituents is 3. The Labute approximate surface area is 163 Å². The van der Waals surface area contributed by atoms with Crippen LogP contribution in [-0.2, 0) is 21.6 Å². The third kappa shape index (κ3) is 4.57. The lowest BCUT2D eigenvalue weighted by Crippen LogP contribution is -2.38. The predicted molar refractivity (Wildman–Crippen MR) is 97.4 cm³/mol. The molecule has 0 bridgehead atoms. The van der Waals surface area contributed by atoms with Crippen LogP contribution in [-0.4, -0.2) is 49.4 Å². The summed E-state index contributed by atoms with van der Waals surface area (Å²) in [5.74, 6) is -4.64. The lowest BCUT2D eigenvalue weighted by molar-refractivity contribution is -0.167. The first-order valence-corrected chi connectivity index (χ1v) is 8.55. The van der Waals surface area contributed by atoms with Crippen LogP contribution in [0.2, 0.25) is 0 Å². The van der Waals surface area contributed by atoms with E-state index in [2.05, 4.69) is 15.9 Å². The number of carbonyl (C=O) groups is 2. The summed E-state index contributed by atoms with van der Waals surface area (Å²) in [6.45, 7) is 0. The summed E-state index contributed by atoms with van der Waals surface area (Å²) < 4.78 is 0.706. The van der Waals surface area contributed by atoms with Gasteiger partial charge in [0.1, 0.15) is 5.60 Å². The number of hydroxylamine groups is 2. The van der Waals surface area contributed by atoms with Crippen molar-refractivity contribution in [1.29, 1.82) is 0 Å². The van der Waals surface area contributed by atoms with E-state index in [0.29, 0.717) is 10.0 Å². The average Bonchev–Trinajstić information content (AvgIpc) is 2.58. The van der Waals surface area contributed by atoms with Crippen molar-refractivity contribution >= 4 is 27.6 Å². The number of hydrogen-bond donors (Lipinski definition) is 5. The molecule has 1 unspecified atom stereocenters. The van der Waals surface area contributed by atoms with Crippen LogP contribution in [0.1, 0.15) is 17.5 Å². The molecule has 8 nitrogen and oxygen atoms in total. The van der Waals surface area contributed by atoms with Gasteiger partial charge in [-0.15, -0.1) is 0 Å². The van der Waals surface area contributed by atoms with Crippen LogP contribution in [0.5, 0.6) is 17.2 Å². The number of phenols is 3. The average molecular weight is 440 g/mol. The maximum Gasteiger partial charge on any atom is 0.313 e. The van der Waals surface area contributed by atoms with Crippen LogP contribution < -0.4 is 0 Å². The Balaban J connectivity index is 2.52. The molecule has 0 radical (unpaired) electrons. The second-order valence-electron chi connectivity index (χ2n) is 6.10. The van der Waals surface area contributed by atoms with Gasteiger partial charge in [0.15, 0.2) is 11.5 Å². The molecule has 2 aromatic rings. The van der Waals surface area contributed by atoms with Gasteiger partial charge in [-0.3, -0.25) is 14.8 Å². The van der Waals surface area contributed by atoms with Gasteiger partial charge < -0.3 is 20.4 Å². The third-order valence-corrected chi connectivity index (χ3v) is 4.50. The molecule has 2 rings (SSSR count). The highest BCUT2D eigenvalue weighted by molar-refractivity contribution is 9.10. The number of rotatable bonds is 6. The molecule has 0 aliphatic heterocycles. The Morgan fingerprint density at radius 2 is 1.78 bits per heavy atom. The standard InChI is InChI=1S/C18H18BrNO7/c1-20(27)17(25)14(22)9-18(26,8-10-3-2-4-11(19)7-10)12-5-6-13(21)16(24)15(12)23/h2-7,21,23-24,26-27H,8-9H2,1H3. The molecule has 0 spiro atoms. The smallest absolute Gasteiger partial charge is 0.313 e. The number of carbonyl (C=O) groups excluding carboxylic acids is 2. The summed E-state index contributed by atoms with van der Waals surface area (Å²) in [4.78, 5) is 23.9. The van der Waals surface area contributed by atoms with Crippen LogP contribution in [0, 0.1) is 0 Å². The fraction of sp³-hybridized carbons (Fsp3) is 0.222. The van der Waals surface area contributed by atoms with Crippen molar-refractivity contribution in [2.24, 2.45) is 0 Å². The normalized spacial score (nSPS) is 13.0. The van der Waals surface area contributed by atoms with Crippen molar-refractivity contribution in [1.82, 2.24) is 5.06 Å². The fourth-order valence-electron chi connectivity index (χ4n) is 2.70. The Bertz CT molecular complexity index is 884. The number of likely N-dealkylation sites (N-methyl/N-ethyl adjacent to an activating group) is 1. The van der Waals surface area contributed by atoms with Crippen molar-refractivity contribution < 1.29 is 35.2 Å². The number of Topliss-reactive ketones (excluding diaryl/α,β-unsaturated/α-hetero) is 1. The number of aromatic hydroxyl groups is 3. The quantitative estimate of drug-likeness (QED) is 0.200. The highest BCUT2D eigenvalue weighted by Gasteiger charge is 2.38. The van der Waals surface area contributed by atoms with Crippen molar-refractivity contribution in [2.75, 3.05) is 7.05 Å². The zero-order valence-electron chi connectivity index (χ0n) is 14.3. The Morgan fingerprint density at radius 1 is 1.11 bits per heavy atom. The predicted octanol–water partition coefficient (Wildman–Crippen LogP) is 1.80. The van der Waals surface area contributed by atoms with Crippen LogP contribution in [0.4, 0.5) is 0 Å². The maximum atomic E-state index is 12.2. The SMILES string of the molecule is CN(O)C(=O)C(=O)CC(O)(Cc1cccc(Br)c1)c1ccc(O)c(O)c1O. The van der Waals surface area contributed by atoms with Gasteiger partial charge in [0.05, 0.1) is 0 Å². The first-order chi connectivity index (χ1) is 12.5. The zero-order chi connectivity index (χ0) is 20.4. The van der Waals surface area contributed by atoms with Crippen LogP contribution in [0.25, 0.3) is 0 Å². The van der Waals surface area contributed by atoms with Crippen LogP contribution >= 0.6 is 15.9 Å². The van der Waals surface area contributed by atoms with Gasteiger partial charge in [-0.2, -0.15) is 0 Å². The summed E-state index contributed by atoms with van der Waals surface area (Å²) in [5.41, 5.74) is -1.78. The van der Waals surface area contributed by atoms with Gasteiger partial charge in [-0.25, -0.2) is 5.06 Å². The fourth-order valence-corrected chi connectivity index (χ4v) is 3.15. The van der Waals surface area contributed by atoms with Crippen molar-refractivity contribution in [3.63, 3.8) is 0 Å². The number of hydrogen-bond acceptors (Lipinski definition) is 7. The minimum atomic E-state index is -2.10. The third-order valence-electron chi connectivity index (χ3n) is 4.00. The molecular weight excluding hydrogens is 422 g/mol. The van der Waals surface area contributed by atoms with E-state index in [4.69, 9.17) is 0 Å². The molecule has 0 heterocycles. The number of aliphatic hydroxyl groups is 1. The zero-order valence-corrected chi connectivity index (χ0v) is 15.8. The molecule has 1 atom stereocenters. The molecular formula is C18H18BrNO7. The molecule has 2 aromatic carbocycles. The summed E-state index contributed by atoms with van der Waals surface area (Å²) in [6, 6.07) is 8.97. The Kier molecular flexibility index (Phi) is 6.09. The summed E-state index contributed by atoms with van der Waals surface area (Å²) in [5, 5.41) is 49.9.